The molecule has 4 aromatic rings. The summed E-state index contributed by atoms with van der Waals surface area (Å²) < 4.78 is 4.09. The number of carbonyl (C=O) groups excluding carboxylic acids is 1. The molecule has 0 aliphatic heterocycles. The minimum Gasteiger partial charge on any atom is -0.313 e. The number of benzene rings is 1. The molecule has 0 spiro atoms. The summed E-state index contributed by atoms with van der Waals surface area (Å²) in [5.41, 5.74) is 3.37. The molecular weight excluding hydrogens is 424 g/mol. The molecule has 8 nitrogen and oxygen atoms in total. The number of aryl methyl sites for hydroxylation is 3. The first-order chi connectivity index (χ1) is 13.3. The van der Waals surface area contributed by atoms with Crippen molar-refractivity contribution in [2.45, 2.75) is 6.92 Å². The van der Waals surface area contributed by atoms with Gasteiger partial charge in [-0.25, -0.2) is 4.98 Å². The van der Waals surface area contributed by atoms with Crippen LogP contribution < -0.4 is 10.9 Å². The van der Waals surface area contributed by atoms with Crippen LogP contribution in [0.1, 0.15) is 16.1 Å². The molecule has 142 valence electrons. The highest BCUT2D eigenvalue weighted by atomic mass is 79.9. The fourth-order valence-electron chi connectivity index (χ4n) is 3.04. The van der Waals surface area contributed by atoms with Gasteiger partial charge in [0.15, 0.2) is 0 Å². The fraction of sp³-hybridized carbons (Fsp3) is 0.158. The van der Waals surface area contributed by atoms with E-state index < -0.39 is 0 Å². The number of rotatable bonds is 3. The Bertz CT molecular complexity index is 1280. The highest BCUT2D eigenvalue weighted by Crippen LogP contribution is 2.23. The van der Waals surface area contributed by atoms with Gasteiger partial charge < -0.3 is 9.67 Å². The van der Waals surface area contributed by atoms with Crippen molar-refractivity contribution >= 4 is 38.8 Å². The molecule has 0 aliphatic rings. The highest BCUT2D eigenvalue weighted by molar-refractivity contribution is 9.10. The zero-order valence-electron chi connectivity index (χ0n) is 15.4. The molecule has 28 heavy (non-hydrogen) atoms. The van der Waals surface area contributed by atoms with Crippen LogP contribution in [0.25, 0.3) is 22.3 Å². The Morgan fingerprint density at radius 1 is 1.18 bits per heavy atom. The van der Waals surface area contributed by atoms with Crippen LogP contribution >= 0.6 is 15.9 Å². The molecule has 4 rings (SSSR count). The van der Waals surface area contributed by atoms with E-state index in [1.165, 1.54) is 4.68 Å². The molecule has 2 N–H and O–H groups in total. The highest BCUT2D eigenvalue weighted by Gasteiger charge is 2.16. The predicted molar refractivity (Wildman–Crippen MR) is 110 cm³/mol. The van der Waals surface area contributed by atoms with Crippen molar-refractivity contribution in [2.24, 2.45) is 14.1 Å². The third-order valence-electron chi connectivity index (χ3n) is 4.50. The van der Waals surface area contributed by atoms with Gasteiger partial charge in [0.05, 0.1) is 22.3 Å². The Kier molecular flexibility index (Phi) is 4.38. The number of nitrogens with one attached hydrogen (secondary N) is 2. The van der Waals surface area contributed by atoms with Crippen LogP contribution in [0.4, 0.5) is 5.95 Å². The molecular formula is C19H17BrN6O2. The summed E-state index contributed by atoms with van der Waals surface area (Å²) in [6, 6.07) is 9.02. The maximum atomic E-state index is 12.8. The molecule has 0 saturated heterocycles. The molecule has 3 heterocycles. The van der Waals surface area contributed by atoms with E-state index in [0.29, 0.717) is 28.5 Å². The molecule has 1 aromatic carbocycles. The number of H-pyrrole nitrogens is 1. The van der Waals surface area contributed by atoms with Crippen LogP contribution in [-0.2, 0) is 14.1 Å². The standard InChI is InChI=1S/C19H17BrN6O2/c1-10-6-11(7-14(22-10)13-9-21-26(3)18(13)28)17(27)24-19-23-15-8-12(20)4-5-16(15)25(19)2/h4-9,21H,1-3H3,(H,23,24,27). The summed E-state index contributed by atoms with van der Waals surface area (Å²) in [6.07, 6.45) is 1.58. The second-order valence-corrected chi connectivity index (χ2v) is 7.43. The Morgan fingerprint density at radius 3 is 2.68 bits per heavy atom. The quantitative estimate of drug-likeness (QED) is 0.511. The number of amides is 1. The van der Waals surface area contributed by atoms with Crippen molar-refractivity contribution in [3.8, 4) is 11.3 Å². The molecule has 0 atom stereocenters. The van der Waals surface area contributed by atoms with Crippen LogP contribution in [0.15, 0.2) is 45.8 Å². The fourth-order valence-corrected chi connectivity index (χ4v) is 3.39. The van der Waals surface area contributed by atoms with Crippen LogP contribution in [-0.4, -0.2) is 30.2 Å². The Labute approximate surface area is 168 Å². The number of pyridine rings is 1. The molecule has 0 saturated carbocycles. The summed E-state index contributed by atoms with van der Waals surface area (Å²) in [7, 11) is 3.46. The lowest BCUT2D eigenvalue weighted by molar-refractivity contribution is 0.102. The number of carbonyl (C=O) groups is 1. The molecule has 0 aliphatic carbocycles. The van der Waals surface area contributed by atoms with Crippen molar-refractivity contribution in [1.29, 1.82) is 0 Å². The van der Waals surface area contributed by atoms with E-state index in [4.69, 9.17) is 0 Å². The normalized spacial score (nSPS) is 11.1. The first-order valence-electron chi connectivity index (χ1n) is 8.50. The van der Waals surface area contributed by atoms with E-state index in [-0.39, 0.29) is 11.5 Å². The monoisotopic (exact) mass is 440 g/mol. The Morgan fingerprint density at radius 2 is 1.96 bits per heavy atom. The number of imidazole rings is 1. The number of hydrogen-bond donors (Lipinski definition) is 2. The van der Waals surface area contributed by atoms with Crippen LogP contribution in [0.3, 0.4) is 0 Å². The van der Waals surface area contributed by atoms with E-state index in [1.807, 2.05) is 29.8 Å². The smallest absolute Gasteiger partial charge is 0.275 e. The van der Waals surface area contributed by atoms with Gasteiger partial charge in [0.1, 0.15) is 0 Å². The number of aromatic nitrogens is 5. The first kappa shape index (κ1) is 18.2. The second kappa shape index (κ2) is 6.75. The van der Waals surface area contributed by atoms with E-state index in [1.54, 1.807) is 32.3 Å². The Hall–Kier alpha value is -3.20. The van der Waals surface area contributed by atoms with Crippen molar-refractivity contribution in [2.75, 3.05) is 5.32 Å². The van der Waals surface area contributed by atoms with E-state index >= 15 is 0 Å². The zero-order chi connectivity index (χ0) is 20.0. The lowest BCUT2D eigenvalue weighted by Crippen LogP contribution is -2.17. The van der Waals surface area contributed by atoms with Gasteiger partial charge >= 0.3 is 0 Å². The zero-order valence-corrected chi connectivity index (χ0v) is 17.0. The predicted octanol–water partition coefficient (Wildman–Crippen LogP) is 2.99. The number of halogens is 1. The van der Waals surface area contributed by atoms with E-state index in [9.17, 15) is 9.59 Å². The van der Waals surface area contributed by atoms with Gasteiger partial charge in [-0.3, -0.25) is 24.6 Å². The van der Waals surface area contributed by atoms with Crippen molar-refractivity contribution in [3.63, 3.8) is 0 Å². The van der Waals surface area contributed by atoms with Gasteiger partial charge in [-0.1, -0.05) is 15.9 Å². The number of nitrogens with zero attached hydrogens (tertiary/aromatic N) is 4. The van der Waals surface area contributed by atoms with E-state index in [0.717, 1.165) is 15.5 Å². The SMILES string of the molecule is Cc1cc(C(=O)Nc2nc3cc(Br)ccc3n2C)cc(-c2c[nH]n(C)c2=O)n1. The largest absolute Gasteiger partial charge is 0.313 e. The van der Waals surface area contributed by atoms with Crippen LogP contribution in [0.2, 0.25) is 0 Å². The molecule has 0 radical (unpaired) electrons. The average molecular weight is 441 g/mol. The van der Waals surface area contributed by atoms with E-state index in [2.05, 4.69) is 36.3 Å². The summed E-state index contributed by atoms with van der Waals surface area (Å²) in [5, 5.41) is 5.66. The maximum absolute atomic E-state index is 12.8. The van der Waals surface area contributed by atoms with Gasteiger partial charge in [0.25, 0.3) is 11.5 Å². The van der Waals surface area contributed by atoms with Gasteiger partial charge in [0, 0.05) is 36.0 Å². The second-order valence-electron chi connectivity index (χ2n) is 6.52. The maximum Gasteiger partial charge on any atom is 0.275 e. The van der Waals surface area contributed by atoms with Gasteiger partial charge in [-0.15, -0.1) is 0 Å². The number of aromatic amines is 1. The van der Waals surface area contributed by atoms with Crippen molar-refractivity contribution < 1.29 is 4.79 Å². The lowest BCUT2D eigenvalue weighted by Gasteiger charge is -2.07. The van der Waals surface area contributed by atoms with Crippen molar-refractivity contribution in [3.05, 3.63) is 62.6 Å². The summed E-state index contributed by atoms with van der Waals surface area (Å²) in [4.78, 5) is 33.9. The summed E-state index contributed by atoms with van der Waals surface area (Å²) in [5.74, 6) is 0.114. The number of hydrogen-bond acceptors (Lipinski definition) is 4. The molecule has 0 bridgehead atoms. The van der Waals surface area contributed by atoms with Crippen molar-refractivity contribution in [1.82, 2.24) is 24.3 Å². The minimum atomic E-state index is -0.323. The first-order valence-corrected chi connectivity index (χ1v) is 9.29. The lowest BCUT2D eigenvalue weighted by atomic mass is 10.1. The number of fused-ring (bicyclic) bond motifs is 1. The topological polar surface area (TPSA) is 97.6 Å². The van der Waals surface area contributed by atoms with Gasteiger partial charge in [0.2, 0.25) is 5.95 Å². The van der Waals surface area contributed by atoms with Crippen LogP contribution in [0, 0.1) is 6.92 Å². The van der Waals surface area contributed by atoms with Gasteiger partial charge in [-0.2, -0.15) is 0 Å². The summed E-state index contributed by atoms with van der Waals surface area (Å²) >= 11 is 3.43. The molecule has 3 aromatic heterocycles. The third-order valence-corrected chi connectivity index (χ3v) is 4.99. The van der Waals surface area contributed by atoms with Gasteiger partial charge in [-0.05, 0) is 37.3 Å². The third kappa shape index (κ3) is 3.13. The molecule has 0 fully saturated rings. The molecule has 0 unspecified atom stereocenters. The summed E-state index contributed by atoms with van der Waals surface area (Å²) in [6.45, 7) is 1.78. The minimum absolute atomic E-state index is 0.203. The molecule has 9 heteroatoms. The van der Waals surface area contributed by atoms with Crippen LogP contribution in [0.5, 0.6) is 0 Å². The average Bonchev–Trinajstić information content (AvgIpc) is 3.14. The molecule has 1 amide bonds. The Balaban J connectivity index is 1.70. The number of anilines is 1.